The van der Waals surface area contributed by atoms with Crippen molar-refractivity contribution in [3.63, 3.8) is 0 Å². The molecule has 0 bridgehead atoms. The molecule has 7 aliphatic carbocycles. The summed E-state index contributed by atoms with van der Waals surface area (Å²) in [5.74, 6) is 0.194. The van der Waals surface area contributed by atoms with Crippen molar-refractivity contribution in [3.8, 4) is 22.3 Å². The molecule has 3 nitrogen and oxygen atoms in total. The van der Waals surface area contributed by atoms with Crippen molar-refractivity contribution >= 4 is 49.7 Å². The van der Waals surface area contributed by atoms with E-state index < -0.39 is 0 Å². The number of fused-ring (bicyclic) bond motifs is 21. The van der Waals surface area contributed by atoms with E-state index >= 15 is 9.59 Å². The van der Waals surface area contributed by atoms with Crippen LogP contribution in [0, 0.1) is 0 Å². The molecule has 2 heterocycles. The largest absolute Gasteiger partial charge is 0.308 e. The second-order valence-corrected chi connectivity index (χ2v) is 21.6. The molecule has 6 unspecified atom stereocenters. The van der Waals surface area contributed by atoms with E-state index in [1.807, 2.05) is 0 Å². The Bertz CT molecular complexity index is 4110. The number of hydrogen-bond donors (Lipinski definition) is 0. The average Bonchev–Trinajstić information content (AvgIpc) is 3.93. The van der Waals surface area contributed by atoms with Gasteiger partial charge in [0.15, 0.2) is 11.6 Å². The third-order valence-corrected chi connectivity index (χ3v) is 19.0. The first-order valence-electron chi connectivity index (χ1n) is 24.4. The summed E-state index contributed by atoms with van der Waals surface area (Å²) in [7, 11) is 0. The summed E-state index contributed by atoms with van der Waals surface area (Å²) < 4.78 is 2.42. The lowest BCUT2D eigenvalue weighted by molar-refractivity contribution is 0.0839. The van der Waals surface area contributed by atoms with Crippen LogP contribution in [-0.4, -0.2) is 16.0 Å². The van der Waals surface area contributed by atoms with Crippen molar-refractivity contribution in [1.82, 2.24) is 4.40 Å². The Labute approximate surface area is 391 Å². The van der Waals surface area contributed by atoms with Crippen LogP contribution in [0.1, 0.15) is 125 Å². The maximum absolute atomic E-state index is 15.3. The molecule has 68 heavy (non-hydrogen) atoms. The molecule has 0 radical (unpaired) electrons. The first-order chi connectivity index (χ1) is 33.3. The van der Waals surface area contributed by atoms with E-state index in [-0.39, 0.29) is 51.5 Å². The van der Waals surface area contributed by atoms with Crippen LogP contribution in [0.4, 0.5) is 0 Å². The van der Waals surface area contributed by atoms with Crippen LogP contribution < -0.4 is 0 Å². The molecule has 0 amide bonds. The molecule has 3 heteroatoms. The molecule has 11 aromatic rings. The Morgan fingerprint density at radius 1 is 0.353 bits per heavy atom. The van der Waals surface area contributed by atoms with Crippen molar-refractivity contribution < 1.29 is 9.59 Å². The van der Waals surface area contributed by atoms with Crippen LogP contribution in [0.5, 0.6) is 0 Å². The van der Waals surface area contributed by atoms with Gasteiger partial charge in [0, 0.05) is 60.8 Å². The lowest BCUT2D eigenvalue weighted by atomic mass is 9.36. The van der Waals surface area contributed by atoms with Crippen LogP contribution in [0.15, 0.2) is 176 Å². The highest BCUT2D eigenvalue weighted by molar-refractivity contribution is 6.27. The van der Waals surface area contributed by atoms with Gasteiger partial charge in [0.25, 0.3) is 0 Å². The quantitative estimate of drug-likeness (QED) is 0.165. The monoisotopic (exact) mass is 865 g/mol. The van der Waals surface area contributed by atoms with Gasteiger partial charge in [0.2, 0.25) is 0 Å². The van der Waals surface area contributed by atoms with Crippen LogP contribution in [0.2, 0.25) is 0 Å². The van der Waals surface area contributed by atoms with E-state index in [0.717, 1.165) is 49.6 Å². The summed E-state index contributed by atoms with van der Waals surface area (Å²) in [6.07, 6.45) is 0. The van der Waals surface area contributed by atoms with E-state index in [0.29, 0.717) is 0 Å². The van der Waals surface area contributed by atoms with Gasteiger partial charge in [-0.15, -0.1) is 0 Å². The van der Waals surface area contributed by atoms with Gasteiger partial charge < -0.3 is 4.40 Å². The van der Waals surface area contributed by atoms with Gasteiger partial charge in [0.05, 0.1) is 28.4 Å². The fourth-order valence-corrected chi connectivity index (χ4v) is 16.5. The minimum absolute atomic E-state index is 0.0909. The Morgan fingerprint density at radius 3 is 1.28 bits per heavy atom. The van der Waals surface area contributed by atoms with Crippen LogP contribution in [-0.2, 0) is 16.2 Å². The number of Topliss-reactive ketones (excluding diaryl/α,β-unsaturated/α-hetero) is 2. The molecule has 2 aromatic heterocycles. The van der Waals surface area contributed by atoms with E-state index in [2.05, 4.69) is 194 Å². The fourth-order valence-electron chi connectivity index (χ4n) is 16.5. The number of aromatic nitrogens is 1. The van der Waals surface area contributed by atoms with Crippen molar-refractivity contribution in [1.29, 1.82) is 0 Å². The van der Waals surface area contributed by atoms with Crippen LogP contribution in [0.3, 0.4) is 0 Å². The summed E-state index contributed by atoms with van der Waals surface area (Å²) in [5.41, 5.74) is 24.3. The van der Waals surface area contributed by atoms with Gasteiger partial charge >= 0.3 is 0 Å². The van der Waals surface area contributed by atoms with Gasteiger partial charge in [-0.3, -0.25) is 9.59 Å². The second kappa shape index (κ2) is 10.9. The zero-order valence-corrected chi connectivity index (χ0v) is 37.3. The van der Waals surface area contributed by atoms with Gasteiger partial charge in [0.1, 0.15) is 0 Å². The topological polar surface area (TPSA) is 38.5 Å². The van der Waals surface area contributed by atoms with Crippen LogP contribution in [0.25, 0.3) is 60.3 Å². The minimum Gasteiger partial charge on any atom is -0.308 e. The van der Waals surface area contributed by atoms with Gasteiger partial charge in [-0.1, -0.05) is 147 Å². The molecule has 0 saturated carbocycles. The predicted molar refractivity (Wildman–Crippen MR) is 269 cm³/mol. The summed E-state index contributed by atoms with van der Waals surface area (Å²) in [6.45, 7) is 4.71. The molecular weight excluding hydrogens is 827 g/mol. The molecule has 6 atom stereocenters. The van der Waals surface area contributed by atoms with Crippen molar-refractivity contribution in [3.05, 3.63) is 254 Å². The summed E-state index contributed by atoms with van der Waals surface area (Å²) >= 11 is 0. The highest BCUT2D eigenvalue weighted by atomic mass is 16.1. The maximum Gasteiger partial charge on any atom is 0.171 e. The van der Waals surface area contributed by atoms with E-state index in [4.69, 9.17) is 0 Å². The molecule has 0 N–H and O–H groups in total. The van der Waals surface area contributed by atoms with Crippen LogP contribution >= 0.6 is 0 Å². The molecular formula is C65H39NO2. The highest BCUT2D eigenvalue weighted by Crippen LogP contribution is 2.75. The number of carbonyl (C=O) groups is 2. The highest BCUT2D eigenvalue weighted by Gasteiger charge is 2.70. The Kier molecular flexibility index (Phi) is 5.68. The molecule has 0 aliphatic heterocycles. The second-order valence-electron chi connectivity index (χ2n) is 21.6. The maximum atomic E-state index is 15.3. The number of ketones is 2. The number of hydrogen-bond acceptors (Lipinski definition) is 2. The zero-order chi connectivity index (χ0) is 44.5. The fraction of sp³-hybridized carbons (Fsp3) is 0.138. The smallest absolute Gasteiger partial charge is 0.171 e. The molecule has 9 aromatic carbocycles. The third kappa shape index (κ3) is 3.40. The summed E-state index contributed by atoms with van der Waals surface area (Å²) in [5, 5.41) is 4.68. The Hall–Kier alpha value is -7.88. The summed E-state index contributed by atoms with van der Waals surface area (Å²) in [4.78, 5) is 30.7. The summed E-state index contributed by atoms with van der Waals surface area (Å²) in [6, 6.07) is 65.1. The number of nitrogens with zero attached hydrogens (tertiary/aromatic N) is 1. The normalized spacial score (nSPS) is 24.9. The van der Waals surface area contributed by atoms with Crippen molar-refractivity contribution in [2.24, 2.45) is 0 Å². The number of carbonyl (C=O) groups excluding carboxylic acids is 2. The Balaban J connectivity index is 0.940. The third-order valence-electron chi connectivity index (χ3n) is 19.0. The van der Waals surface area contributed by atoms with E-state index in [1.54, 1.807) is 0 Å². The average molecular weight is 866 g/mol. The molecule has 0 saturated heterocycles. The molecule has 7 aliphatic rings. The van der Waals surface area contributed by atoms with Crippen molar-refractivity contribution in [2.75, 3.05) is 0 Å². The van der Waals surface area contributed by atoms with Gasteiger partial charge in [-0.2, -0.15) is 0 Å². The van der Waals surface area contributed by atoms with Gasteiger partial charge in [-0.05, 0) is 131 Å². The minimum atomic E-state index is -0.340. The van der Waals surface area contributed by atoms with E-state index in [1.165, 1.54) is 88.7 Å². The number of rotatable bonds is 1. The van der Waals surface area contributed by atoms with E-state index in [9.17, 15) is 0 Å². The number of benzene rings is 9. The van der Waals surface area contributed by atoms with Gasteiger partial charge in [-0.25, -0.2) is 0 Å². The lowest BCUT2D eigenvalue weighted by Gasteiger charge is -2.64. The predicted octanol–water partition coefficient (Wildman–Crippen LogP) is 14.3. The first kappa shape index (κ1) is 35.3. The standard InChI is InChI=1S/C65H39NO2/c1-63(2)48-18-8-3-13-34(48)35-24-23-32(27-53(35)63)33-25-44-40-28-42-46(61(67)58-38-16-6-11-21-51(38)64(58)49-19-9-4-14-36(49)56(42)64)30-54(40)66-55-31-47-43(29-41(55)45(26-33)60(44)66)57-37-15-5-10-20-50(37)65(57)52-22-12-7-17-39(52)59(65)62(47)68/h3-31,56-59H,1-2H3. The Morgan fingerprint density at radius 2 is 0.779 bits per heavy atom. The molecule has 316 valence electrons. The van der Waals surface area contributed by atoms with Crippen molar-refractivity contribution in [2.45, 2.75) is 53.8 Å². The molecule has 0 fully saturated rings. The molecule has 2 spiro atoms. The first-order valence-corrected chi connectivity index (χ1v) is 24.4. The zero-order valence-electron chi connectivity index (χ0n) is 37.3. The SMILES string of the molecule is CC1(C)c2ccccc2-c2ccc(-c3cc4c5cc6c(cc5n5c7cc8c(cc7c(c3)c45)C3c4ccccc4C34c3ccccc3C4C8=O)C(=O)C3c4ccccc4C34c3ccccc3C64)cc21. The lowest BCUT2D eigenvalue weighted by Crippen LogP contribution is -2.61. The molecule has 18 rings (SSSR count).